The molecular formula is C36H47N3O3SSn. The second kappa shape index (κ2) is 14.5. The van der Waals surface area contributed by atoms with Crippen LogP contribution in [0.1, 0.15) is 81.5 Å². The maximum absolute atomic E-state index is 14.7. The molecule has 0 fully saturated rings. The van der Waals surface area contributed by atoms with Crippen molar-refractivity contribution in [3.63, 3.8) is 0 Å². The topological polar surface area (TPSA) is 85.0 Å². The minimum atomic E-state index is -3.98. The van der Waals surface area contributed by atoms with Crippen molar-refractivity contribution in [2.45, 2.75) is 98.3 Å². The van der Waals surface area contributed by atoms with Gasteiger partial charge in [0.2, 0.25) is 0 Å². The van der Waals surface area contributed by atoms with Crippen LogP contribution in [0.25, 0.3) is 22.2 Å². The van der Waals surface area contributed by atoms with E-state index in [0.717, 1.165) is 83.5 Å². The Morgan fingerprint density at radius 1 is 0.909 bits per heavy atom. The van der Waals surface area contributed by atoms with E-state index < -0.39 is 28.4 Å². The molecule has 2 aromatic heterocycles. The first-order valence-electron chi connectivity index (χ1n) is 16.0. The van der Waals surface area contributed by atoms with Gasteiger partial charge in [0.15, 0.2) is 0 Å². The number of rotatable bonds is 14. The summed E-state index contributed by atoms with van der Waals surface area (Å²) in [5.41, 5.74) is 5.39. The summed E-state index contributed by atoms with van der Waals surface area (Å²) in [6.07, 6.45) is 8.17. The molecule has 44 heavy (non-hydrogen) atoms. The second-order valence-corrected chi connectivity index (χ2v) is 27.0. The third-order valence-electron chi connectivity index (χ3n) is 9.14. The zero-order valence-electron chi connectivity index (χ0n) is 27.5. The van der Waals surface area contributed by atoms with Crippen molar-refractivity contribution in [3.8, 4) is 22.9 Å². The molecule has 8 heteroatoms. The number of pyridine rings is 1. The third kappa shape index (κ3) is 6.43. The molecule has 2 aromatic carbocycles. The molecule has 234 valence electrons. The predicted molar refractivity (Wildman–Crippen MR) is 184 cm³/mol. The number of benzene rings is 2. The fourth-order valence-electron chi connectivity index (χ4n) is 6.63. The number of nitrogens with zero attached hydrogens (tertiary/aromatic N) is 3. The zero-order valence-corrected chi connectivity index (χ0v) is 31.1. The molecule has 0 aliphatic rings. The van der Waals surface area contributed by atoms with Gasteiger partial charge in [0.1, 0.15) is 0 Å². The van der Waals surface area contributed by atoms with E-state index >= 15 is 0 Å². The molecule has 0 radical (unpaired) electrons. The number of nitriles is 1. The van der Waals surface area contributed by atoms with Crippen molar-refractivity contribution in [2.24, 2.45) is 0 Å². The van der Waals surface area contributed by atoms with Crippen LogP contribution in [0.15, 0.2) is 53.6 Å². The van der Waals surface area contributed by atoms with Crippen molar-refractivity contribution < 1.29 is 13.2 Å². The minimum absolute atomic E-state index is 0.257. The van der Waals surface area contributed by atoms with Gasteiger partial charge in [0, 0.05) is 0 Å². The Bertz CT molecular complexity index is 1750. The molecule has 0 spiro atoms. The molecule has 4 aromatic rings. The van der Waals surface area contributed by atoms with E-state index in [1.54, 1.807) is 29.4 Å². The first-order chi connectivity index (χ1) is 21.1. The van der Waals surface area contributed by atoms with Gasteiger partial charge >= 0.3 is 270 Å². The fourth-order valence-corrected chi connectivity index (χ4v) is 26.3. The fraction of sp³-hybridized carbons (Fsp3) is 0.444. The van der Waals surface area contributed by atoms with Crippen LogP contribution in [0, 0.1) is 32.1 Å². The second-order valence-electron chi connectivity index (χ2n) is 12.2. The number of unbranched alkanes of at least 4 members (excludes halogenated alkanes) is 3. The molecule has 4 rings (SSSR count). The number of ether oxygens (including phenoxy) is 1. The van der Waals surface area contributed by atoms with Crippen LogP contribution in [0.3, 0.4) is 0 Å². The average Bonchev–Trinajstić information content (AvgIpc) is 3.42. The Hall–Kier alpha value is -2.83. The van der Waals surface area contributed by atoms with E-state index in [2.05, 4.69) is 32.9 Å². The third-order valence-corrected chi connectivity index (χ3v) is 26.7. The number of hydrogen-bond acceptors (Lipinski definition) is 5. The number of aryl methyl sites for hydroxylation is 2. The monoisotopic (exact) mass is 721 g/mol. The van der Waals surface area contributed by atoms with Crippen molar-refractivity contribution in [2.75, 3.05) is 7.11 Å². The summed E-state index contributed by atoms with van der Waals surface area (Å²) in [5, 5.41) is 11.3. The Labute approximate surface area is 268 Å². The van der Waals surface area contributed by atoms with E-state index in [1.165, 1.54) is 0 Å². The average molecular weight is 721 g/mol. The molecule has 0 amide bonds. The molecule has 0 N–H and O–H groups in total. The SMILES string of the molecule is CCC[CH2][Sn]([CH2]CCC)([CH2]CCC)[c]1cc2c(C#N)c(-c3c(C)ccc(OC)c3C)cnc2n1S(=O)(=O)c1ccc(C)cc1. The first kappa shape index (κ1) is 34.0. The van der Waals surface area contributed by atoms with E-state index in [1.807, 2.05) is 45.0 Å². The molecule has 0 saturated carbocycles. The van der Waals surface area contributed by atoms with Gasteiger partial charge in [-0.2, -0.15) is 0 Å². The predicted octanol–water partition coefficient (Wildman–Crippen LogP) is 8.80. The molecule has 2 heterocycles. The zero-order chi connectivity index (χ0) is 32.1. The van der Waals surface area contributed by atoms with E-state index in [9.17, 15) is 13.7 Å². The van der Waals surface area contributed by atoms with Gasteiger partial charge in [-0.3, -0.25) is 0 Å². The maximum atomic E-state index is 14.7. The van der Waals surface area contributed by atoms with Crippen LogP contribution < -0.4 is 8.45 Å². The molecular weight excluding hydrogens is 673 g/mol. The number of hydrogen-bond donors (Lipinski definition) is 0. The van der Waals surface area contributed by atoms with Crippen LogP contribution >= 0.6 is 0 Å². The van der Waals surface area contributed by atoms with Gasteiger partial charge in [0.05, 0.1) is 0 Å². The molecule has 0 unspecified atom stereocenters. The van der Waals surface area contributed by atoms with Gasteiger partial charge in [-0.1, -0.05) is 0 Å². The summed E-state index contributed by atoms with van der Waals surface area (Å²) in [6.45, 7) is 12.6. The van der Waals surface area contributed by atoms with Crippen molar-refractivity contribution in [1.82, 2.24) is 8.96 Å². The number of aromatic nitrogens is 2. The van der Waals surface area contributed by atoms with Crippen LogP contribution in [0.5, 0.6) is 5.75 Å². The van der Waals surface area contributed by atoms with E-state index in [-0.39, 0.29) is 4.90 Å². The molecule has 0 saturated heterocycles. The van der Waals surface area contributed by atoms with Crippen molar-refractivity contribution >= 4 is 43.1 Å². The summed E-state index contributed by atoms with van der Waals surface area (Å²) in [7, 11) is -2.34. The molecule has 0 bridgehead atoms. The van der Waals surface area contributed by atoms with Gasteiger partial charge in [-0.25, -0.2) is 0 Å². The van der Waals surface area contributed by atoms with Crippen LogP contribution in [-0.4, -0.2) is 42.9 Å². The van der Waals surface area contributed by atoms with E-state index in [0.29, 0.717) is 22.2 Å². The van der Waals surface area contributed by atoms with E-state index in [4.69, 9.17) is 9.72 Å². The Kier molecular flexibility index (Phi) is 11.2. The standard InChI is InChI=1S/C24H20N3O3S.3C4H9.Sn/c1-15-5-8-18(9-6-15)31(28,29)27-12-11-19-20(13-25)21(14-26-24(19)27)23-16(2)7-10-22(30-4)17(23)3;3*1-3-4-2;/h5-11,14H,1-4H3;3*1,3-4H2,2H3;. The summed E-state index contributed by atoms with van der Waals surface area (Å²) < 4.78 is 40.9. The number of fused-ring (bicyclic) bond motifs is 1. The van der Waals surface area contributed by atoms with Gasteiger partial charge in [-0.15, -0.1) is 0 Å². The summed E-state index contributed by atoms with van der Waals surface area (Å²) >= 11 is -3.40. The van der Waals surface area contributed by atoms with Crippen LogP contribution in [-0.2, 0) is 10.0 Å². The van der Waals surface area contributed by atoms with Crippen LogP contribution in [0.4, 0.5) is 0 Å². The summed E-state index contributed by atoms with van der Waals surface area (Å²) in [5.74, 6) is 0.740. The summed E-state index contributed by atoms with van der Waals surface area (Å²) in [6, 6.07) is 15.6. The van der Waals surface area contributed by atoms with Crippen molar-refractivity contribution in [1.29, 1.82) is 5.26 Å². The molecule has 0 atom stereocenters. The molecule has 6 nitrogen and oxygen atoms in total. The molecule has 0 aliphatic carbocycles. The molecule has 0 aliphatic heterocycles. The van der Waals surface area contributed by atoms with Gasteiger partial charge in [-0.05, 0) is 0 Å². The van der Waals surface area contributed by atoms with Crippen LogP contribution in [0.2, 0.25) is 13.3 Å². The number of methoxy groups -OCH3 is 1. The van der Waals surface area contributed by atoms with Gasteiger partial charge in [0.25, 0.3) is 0 Å². The van der Waals surface area contributed by atoms with Crippen molar-refractivity contribution in [3.05, 3.63) is 70.9 Å². The summed E-state index contributed by atoms with van der Waals surface area (Å²) in [4.78, 5) is 5.17. The normalized spacial score (nSPS) is 12.0. The first-order valence-corrected chi connectivity index (χ1v) is 24.9. The quantitative estimate of drug-likeness (QED) is 0.122. The Morgan fingerprint density at radius 3 is 2.02 bits per heavy atom. The Morgan fingerprint density at radius 2 is 1.50 bits per heavy atom. The Balaban J connectivity index is 2.16. The van der Waals surface area contributed by atoms with Gasteiger partial charge < -0.3 is 0 Å².